The molecule has 254 valence electrons. The smallest absolute Gasteiger partial charge is 0.419 e. The summed E-state index contributed by atoms with van der Waals surface area (Å²) >= 11 is 0. The second kappa shape index (κ2) is 14.4. The molecule has 0 spiro atoms. The van der Waals surface area contributed by atoms with Gasteiger partial charge in [-0.2, -0.15) is 13.2 Å². The summed E-state index contributed by atoms with van der Waals surface area (Å²) in [5.41, 5.74) is -3.98. The third-order valence-electron chi connectivity index (χ3n) is 7.52. The molecular weight excluding hydrogens is 652 g/mol. The molecule has 0 atom stereocenters. The molecule has 4 aromatic carbocycles. The molecule has 4 aromatic rings. The SMILES string of the molecule is CN(C)C(=O)c1cc(CC(=O)OCC(C(=O)O)(C(=O)O)c2ccccc2)ccc1NC(=O)c1ccccc1-c1ccc(C(F)(F)F)c(F)c1. The van der Waals surface area contributed by atoms with Gasteiger partial charge in [-0.3, -0.25) is 24.0 Å². The molecule has 2 amide bonds. The molecule has 0 aromatic heterocycles. The second-order valence-electron chi connectivity index (χ2n) is 11.0. The van der Waals surface area contributed by atoms with Crippen LogP contribution in [0, 0.1) is 5.82 Å². The van der Waals surface area contributed by atoms with Crippen LogP contribution in [-0.4, -0.2) is 65.5 Å². The Morgan fingerprint density at radius 2 is 1.43 bits per heavy atom. The number of nitrogens with one attached hydrogen (secondary N) is 1. The van der Waals surface area contributed by atoms with Crippen molar-refractivity contribution in [1.82, 2.24) is 4.90 Å². The number of ether oxygens (including phenoxy) is 1. The van der Waals surface area contributed by atoms with Crippen LogP contribution in [0.3, 0.4) is 0 Å². The van der Waals surface area contributed by atoms with E-state index in [4.69, 9.17) is 4.74 Å². The van der Waals surface area contributed by atoms with Gasteiger partial charge in [-0.05, 0) is 52.6 Å². The van der Waals surface area contributed by atoms with Gasteiger partial charge in [-0.15, -0.1) is 0 Å². The average molecular weight is 681 g/mol. The van der Waals surface area contributed by atoms with Crippen LogP contribution in [0.5, 0.6) is 0 Å². The van der Waals surface area contributed by atoms with Crippen LogP contribution >= 0.6 is 0 Å². The molecule has 0 radical (unpaired) electrons. The second-order valence-corrected chi connectivity index (χ2v) is 11.0. The number of nitrogens with zero attached hydrogens (tertiary/aromatic N) is 1. The van der Waals surface area contributed by atoms with Crippen LogP contribution in [0.15, 0.2) is 91.0 Å². The van der Waals surface area contributed by atoms with Crippen molar-refractivity contribution in [2.45, 2.75) is 18.0 Å². The van der Waals surface area contributed by atoms with Crippen LogP contribution < -0.4 is 5.32 Å². The number of rotatable bonds is 11. The van der Waals surface area contributed by atoms with Gasteiger partial charge >= 0.3 is 24.1 Å². The van der Waals surface area contributed by atoms with Crippen LogP contribution in [0.1, 0.15) is 37.4 Å². The summed E-state index contributed by atoms with van der Waals surface area (Å²) in [6.07, 6.45) is -5.42. The van der Waals surface area contributed by atoms with E-state index in [0.717, 1.165) is 6.07 Å². The number of halogens is 4. The van der Waals surface area contributed by atoms with Crippen molar-refractivity contribution in [3.63, 3.8) is 0 Å². The summed E-state index contributed by atoms with van der Waals surface area (Å²) in [6.45, 7) is -1.03. The lowest BCUT2D eigenvalue weighted by Gasteiger charge is -2.25. The Kier molecular flexibility index (Phi) is 10.5. The predicted octanol–water partition coefficient (Wildman–Crippen LogP) is 5.66. The van der Waals surface area contributed by atoms with Gasteiger partial charge < -0.3 is 25.2 Å². The maximum absolute atomic E-state index is 14.4. The highest BCUT2D eigenvalue weighted by Gasteiger charge is 2.50. The molecule has 0 saturated carbocycles. The lowest BCUT2D eigenvalue weighted by atomic mass is 9.81. The standard InChI is InChI=1S/C35H28F4N2O8/c1-41(2)31(44)25-16-20(17-29(42)49-19-34(32(45)46,33(47)48)22-8-4-3-5-9-22)12-15-28(25)40-30(43)24-11-7-6-10-23(24)21-13-14-26(27(36)18-21)35(37,38)39/h3-16,18H,17,19H2,1-2H3,(H,40,43)(H,45,46)(H,47,48). The number of carboxylic acid groups (broad SMARTS) is 2. The fourth-order valence-corrected chi connectivity index (χ4v) is 4.94. The van der Waals surface area contributed by atoms with E-state index in [1.807, 2.05) is 0 Å². The Balaban J connectivity index is 1.59. The number of benzene rings is 4. The number of esters is 1. The molecule has 0 fully saturated rings. The molecule has 0 unspecified atom stereocenters. The van der Waals surface area contributed by atoms with Crippen LogP contribution in [0.25, 0.3) is 11.1 Å². The normalized spacial score (nSPS) is 11.4. The number of carbonyl (C=O) groups is 5. The summed E-state index contributed by atoms with van der Waals surface area (Å²) in [4.78, 5) is 64.8. The lowest BCUT2D eigenvalue weighted by Crippen LogP contribution is -2.48. The fraction of sp³-hybridized carbons (Fsp3) is 0.171. The highest BCUT2D eigenvalue weighted by atomic mass is 19.4. The third-order valence-corrected chi connectivity index (χ3v) is 7.52. The van der Waals surface area contributed by atoms with E-state index < -0.39 is 65.7 Å². The Morgan fingerprint density at radius 1 is 0.796 bits per heavy atom. The summed E-state index contributed by atoms with van der Waals surface area (Å²) in [5.74, 6) is -7.39. The summed E-state index contributed by atoms with van der Waals surface area (Å²) in [6, 6.07) is 19.0. The van der Waals surface area contributed by atoms with E-state index in [-0.39, 0.29) is 39.1 Å². The van der Waals surface area contributed by atoms with Crippen LogP contribution in [-0.2, 0) is 37.1 Å². The number of hydrogen-bond donors (Lipinski definition) is 3. The van der Waals surface area contributed by atoms with Crippen molar-refractivity contribution in [2.75, 3.05) is 26.0 Å². The summed E-state index contributed by atoms with van der Waals surface area (Å²) in [5, 5.41) is 22.2. The van der Waals surface area contributed by atoms with E-state index in [1.54, 1.807) is 6.07 Å². The first-order valence-corrected chi connectivity index (χ1v) is 14.4. The Hall–Kier alpha value is -6.05. The average Bonchev–Trinajstić information content (AvgIpc) is 3.04. The van der Waals surface area contributed by atoms with Crippen molar-refractivity contribution in [3.8, 4) is 11.1 Å². The van der Waals surface area contributed by atoms with Crippen LogP contribution in [0.4, 0.5) is 23.2 Å². The zero-order valence-electron chi connectivity index (χ0n) is 25.9. The fourth-order valence-electron chi connectivity index (χ4n) is 4.94. The summed E-state index contributed by atoms with van der Waals surface area (Å²) < 4.78 is 58.8. The molecule has 14 heteroatoms. The third kappa shape index (κ3) is 7.75. The number of carboxylic acids is 2. The maximum atomic E-state index is 14.4. The number of anilines is 1. The van der Waals surface area contributed by atoms with Crippen molar-refractivity contribution in [2.24, 2.45) is 0 Å². The molecule has 0 aliphatic rings. The molecular formula is C35H28F4N2O8. The molecule has 49 heavy (non-hydrogen) atoms. The van der Waals surface area contributed by atoms with E-state index in [0.29, 0.717) is 12.1 Å². The number of carbonyl (C=O) groups excluding carboxylic acids is 3. The first-order valence-electron chi connectivity index (χ1n) is 14.4. The first kappa shape index (κ1) is 35.8. The first-order chi connectivity index (χ1) is 23.1. The molecule has 10 nitrogen and oxygen atoms in total. The highest BCUT2D eigenvalue weighted by Crippen LogP contribution is 2.35. The number of hydrogen-bond acceptors (Lipinski definition) is 6. The molecule has 0 bridgehead atoms. The van der Waals surface area contributed by atoms with Crippen molar-refractivity contribution < 1.29 is 56.5 Å². The minimum absolute atomic E-state index is 0.00298. The maximum Gasteiger partial charge on any atom is 0.419 e. The van der Waals surface area contributed by atoms with E-state index >= 15 is 0 Å². The van der Waals surface area contributed by atoms with Gasteiger partial charge in [0.1, 0.15) is 12.4 Å². The van der Waals surface area contributed by atoms with Gasteiger partial charge in [0, 0.05) is 19.7 Å². The topological polar surface area (TPSA) is 150 Å². The monoisotopic (exact) mass is 680 g/mol. The molecule has 0 aliphatic carbocycles. The zero-order valence-corrected chi connectivity index (χ0v) is 25.9. The minimum atomic E-state index is -4.92. The van der Waals surface area contributed by atoms with Crippen molar-refractivity contribution in [1.29, 1.82) is 0 Å². The minimum Gasteiger partial charge on any atom is -0.480 e. The quantitative estimate of drug-likeness (QED) is 0.104. The molecule has 4 rings (SSSR count). The van der Waals surface area contributed by atoms with Crippen molar-refractivity contribution in [3.05, 3.63) is 125 Å². The van der Waals surface area contributed by atoms with Gasteiger partial charge in [0.15, 0.2) is 0 Å². The highest BCUT2D eigenvalue weighted by molar-refractivity contribution is 6.12. The largest absolute Gasteiger partial charge is 0.480 e. The predicted molar refractivity (Wildman–Crippen MR) is 167 cm³/mol. The molecule has 3 N–H and O–H groups in total. The van der Waals surface area contributed by atoms with E-state index in [2.05, 4.69) is 5.32 Å². The molecule has 0 aliphatic heterocycles. The Bertz CT molecular complexity index is 1910. The van der Waals surface area contributed by atoms with Crippen LogP contribution in [0.2, 0.25) is 0 Å². The number of aliphatic carboxylic acids is 2. The van der Waals surface area contributed by atoms with E-state index in [1.165, 1.54) is 85.7 Å². The van der Waals surface area contributed by atoms with E-state index in [9.17, 15) is 51.7 Å². The van der Waals surface area contributed by atoms with Gasteiger partial charge in [0.25, 0.3) is 11.8 Å². The van der Waals surface area contributed by atoms with Gasteiger partial charge in [-0.1, -0.05) is 60.7 Å². The lowest BCUT2D eigenvalue weighted by molar-refractivity contribution is -0.164. The molecule has 0 heterocycles. The Labute approximate surface area is 276 Å². The summed E-state index contributed by atoms with van der Waals surface area (Å²) in [7, 11) is 2.87. The van der Waals surface area contributed by atoms with Crippen molar-refractivity contribution >= 4 is 35.4 Å². The number of alkyl halides is 3. The zero-order chi connectivity index (χ0) is 36.1. The molecule has 0 saturated heterocycles. The van der Waals surface area contributed by atoms with Gasteiger partial charge in [0.2, 0.25) is 5.41 Å². The van der Waals surface area contributed by atoms with Gasteiger partial charge in [-0.25, -0.2) is 4.39 Å². The van der Waals surface area contributed by atoms with Gasteiger partial charge in [0.05, 0.1) is 23.2 Å². The Morgan fingerprint density at radius 3 is 2.02 bits per heavy atom. The number of amides is 2.